The molecule has 0 bridgehead atoms. The molecule has 0 unspecified atom stereocenters. The fourth-order valence-corrected chi connectivity index (χ4v) is 3.34. The number of hydrogen-bond acceptors (Lipinski definition) is 2. The molecule has 0 fully saturated rings. The van der Waals surface area contributed by atoms with E-state index >= 15 is 0 Å². The summed E-state index contributed by atoms with van der Waals surface area (Å²) in [6.07, 6.45) is 1.16. The first-order chi connectivity index (χ1) is 8.40. The van der Waals surface area contributed by atoms with Gasteiger partial charge in [0, 0.05) is 16.3 Å². The van der Waals surface area contributed by atoms with Crippen LogP contribution in [0, 0.1) is 0 Å². The smallest absolute Gasteiger partial charge is 1.00 e. The second-order valence-corrected chi connectivity index (χ2v) is 5.27. The molecule has 0 N–H and O–H groups in total. The van der Waals surface area contributed by atoms with E-state index in [2.05, 4.69) is 60.4 Å². The van der Waals surface area contributed by atoms with Gasteiger partial charge < -0.3 is 6.33 Å². The molecule has 0 spiro atoms. The van der Waals surface area contributed by atoms with Crippen molar-refractivity contribution in [1.82, 2.24) is 0 Å². The molecule has 1 aliphatic heterocycles. The molecule has 0 atom stereocenters. The molecule has 3 rings (SSSR count). The third-order valence-electron chi connectivity index (χ3n) is 2.98. The van der Waals surface area contributed by atoms with Crippen LogP contribution in [0.25, 0.3) is 0 Å². The van der Waals surface area contributed by atoms with Crippen LogP contribution in [0.5, 0.6) is 0 Å². The summed E-state index contributed by atoms with van der Waals surface area (Å²) in [5.74, 6) is 0. The van der Waals surface area contributed by atoms with Gasteiger partial charge in [-0.25, -0.2) is 0 Å². The third-order valence-corrected chi connectivity index (χ3v) is 4.11. The predicted octanol–water partition coefficient (Wildman–Crippen LogP) is 1.82. The van der Waals surface area contributed by atoms with Crippen LogP contribution in [0.15, 0.2) is 58.3 Å². The predicted molar refractivity (Wildman–Crippen MR) is 75.4 cm³/mol. The zero-order chi connectivity index (χ0) is 11.7. The molecular formula is C15H16NNaS. The quantitative estimate of drug-likeness (QED) is 0.762. The number of benzene rings is 2. The standard InChI is InChI=1S/C15H15NS.Na.H/c1-2-11-16-12-7-3-5-9-14(12)17-15-10-6-4-8-13(15)16;;/h3-10H,2,11H2,1H3;;/q;+1;-1. The maximum absolute atomic E-state index is 2.43. The average molecular weight is 265 g/mol. The SMILES string of the molecule is CCCN1c2ccccc2Sc2ccccc21.[H-].[Na+]. The second kappa shape index (κ2) is 6.16. The zero-order valence-corrected chi connectivity index (χ0v) is 13.7. The summed E-state index contributed by atoms with van der Waals surface area (Å²) >= 11 is 1.87. The third kappa shape index (κ3) is 2.48. The van der Waals surface area contributed by atoms with Crippen LogP contribution in [-0.4, -0.2) is 6.54 Å². The molecule has 88 valence electrons. The summed E-state index contributed by atoms with van der Waals surface area (Å²) in [7, 11) is 0. The Kier molecular flexibility index (Phi) is 4.79. The van der Waals surface area contributed by atoms with Crippen molar-refractivity contribution in [2.45, 2.75) is 23.1 Å². The van der Waals surface area contributed by atoms with E-state index in [1.165, 1.54) is 21.2 Å². The molecule has 0 radical (unpaired) electrons. The van der Waals surface area contributed by atoms with Crippen LogP contribution in [0.1, 0.15) is 14.8 Å². The molecule has 1 heterocycles. The van der Waals surface area contributed by atoms with E-state index in [1.807, 2.05) is 11.8 Å². The molecule has 1 aliphatic rings. The number of fused-ring (bicyclic) bond motifs is 2. The van der Waals surface area contributed by atoms with E-state index in [1.54, 1.807) is 0 Å². The van der Waals surface area contributed by atoms with Gasteiger partial charge >= 0.3 is 29.6 Å². The maximum atomic E-state index is 2.43. The summed E-state index contributed by atoms with van der Waals surface area (Å²) in [5, 5.41) is 0. The van der Waals surface area contributed by atoms with Gasteiger partial charge in [0.25, 0.3) is 0 Å². The van der Waals surface area contributed by atoms with Crippen LogP contribution < -0.4 is 34.5 Å². The summed E-state index contributed by atoms with van der Waals surface area (Å²) < 4.78 is 0. The van der Waals surface area contributed by atoms with Gasteiger partial charge in [-0.05, 0) is 30.7 Å². The Morgan fingerprint density at radius 2 is 1.44 bits per heavy atom. The Bertz CT molecular complexity index is 502. The molecule has 18 heavy (non-hydrogen) atoms. The van der Waals surface area contributed by atoms with Crippen LogP contribution in [0.4, 0.5) is 11.4 Å². The molecule has 0 aromatic heterocycles. The second-order valence-electron chi connectivity index (χ2n) is 4.19. The normalized spacial score (nSPS) is 12.4. The molecule has 0 saturated carbocycles. The van der Waals surface area contributed by atoms with Crippen LogP contribution in [0.3, 0.4) is 0 Å². The summed E-state index contributed by atoms with van der Waals surface area (Å²) in [6.45, 7) is 3.31. The number of hydrogen-bond donors (Lipinski definition) is 0. The molecule has 3 heteroatoms. The molecule has 0 saturated heterocycles. The zero-order valence-electron chi connectivity index (χ0n) is 11.9. The van der Waals surface area contributed by atoms with Crippen molar-refractivity contribution >= 4 is 23.1 Å². The van der Waals surface area contributed by atoms with Gasteiger partial charge in [-0.3, -0.25) is 0 Å². The fourth-order valence-electron chi connectivity index (χ4n) is 2.25. The fraction of sp³-hybridized carbons (Fsp3) is 0.200. The maximum Gasteiger partial charge on any atom is 1.00 e. The van der Waals surface area contributed by atoms with Gasteiger partial charge in [-0.1, -0.05) is 43.0 Å². The monoisotopic (exact) mass is 265 g/mol. The first-order valence-corrected chi connectivity index (χ1v) is 6.85. The van der Waals surface area contributed by atoms with Crippen molar-refractivity contribution in [2.24, 2.45) is 0 Å². The first kappa shape index (κ1) is 14.0. The minimum Gasteiger partial charge on any atom is -1.00 e. The topological polar surface area (TPSA) is 3.24 Å². The average Bonchev–Trinajstić information content (AvgIpc) is 2.39. The van der Waals surface area contributed by atoms with E-state index in [9.17, 15) is 0 Å². The summed E-state index contributed by atoms with van der Waals surface area (Å²) in [6, 6.07) is 17.3. The molecule has 0 amide bonds. The number of anilines is 2. The molecule has 2 aromatic carbocycles. The Balaban J connectivity index is 0.000000902. The summed E-state index contributed by atoms with van der Waals surface area (Å²) in [5.41, 5.74) is 2.69. The number of nitrogens with zero attached hydrogens (tertiary/aromatic N) is 1. The number of rotatable bonds is 2. The van der Waals surface area contributed by atoms with Gasteiger partial charge in [0.1, 0.15) is 0 Å². The molecule has 1 nitrogen and oxygen atoms in total. The van der Waals surface area contributed by atoms with Crippen LogP contribution >= 0.6 is 11.8 Å². The van der Waals surface area contributed by atoms with E-state index in [0.717, 1.165) is 13.0 Å². The molecular weight excluding hydrogens is 249 g/mol. The van der Waals surface area contributed by atoms with Crippen molar-refractivity contribution in [1.29, 1.82) is 0 Å². The van der Waals surface area contributed by atoms with E-state index in [4.69, 9.17) is 0 Å². The van der Waals surface area contributed by atoms with Gasteiger partial charge in [0.05, 0.1) is 11.4 Å². The minimum atomic E-state index is 0. The van der Waals surface area contributed by atoms with E-state index in [0.29, 0.717) is 0 Å². The van der Waals surface area contributed by atoms with Gasteiger partial charge in [0.2, 0.25) is 0 Å². The molecule has 2 aromatic rings. The van der Waals surface area contributed by atoms with Crippen LogP contribution in [-0.2, 0) is 0 Å². The Morgan fingerprint density at radius 1 is 0.944 bits per heavy atom. The largest absolute Gasteiger partial charge is 1.00 e. The van der Waals surface area contributed by atoms with E-state index < -0.39 is 0 Å². The van der Waals surface area contributed by atoms with Crippen molar-refractivity contribution in [2.75, 3.05) is 11.4 Å². The van der Waals surface area contributed by atoms with E-state index in [-0.39, 0.29) is 31.0 Å². The Hall–Kier alpha value is -0.410. The van der Waals surface area contributed by atoms with Gasteiger partial charge in [0.15, 0.2) is 0 Å². The van der Waals surface area contributed by atoms with Crippen molar-refractivity contribution < 1.29 is 31.0 Å². The number of para-hydroxylation sites is 2. The Morgan fingerprint density at radius 3 is 1.94 bits per heavy atom. The van der Waals surface area contributed by atoms with Crippen molar-refractivity contribution in [3.63, 3.8) is 0 Å². The van der Waals surface area contributed by atoms with Gasteiger partial charge in [-0.2, -0.15) is 0 Å². The van der Waals surface area contributed by atoms with Gasteiger partial charge in [-0.15, -0.1) is 0 Å². The first-order valence-electron chi connectivity index (χ1n) is 6.03. The molecule has 0 aliphatic carbocycles. The van der Waals surface area contributed by atoms with Crippen molar-refractivity contribution in [3.8, 4) is 0 Å². The Labute approximate surface area is 136 Å². The minimum absolute atomic E-state index is 0. The van der Waals surface area contributed by atoms with Crippen molar-refractivity contribution in [3.05, 3.63) is 48.5 Å². The van der Waals surface area contributed by atoms with Crippen LogP contribution in [0.2, 0.25) is 0 Å². The summed E-state index contributed by atoms with van der Waals surface area (Å²) in [4.78, 5) is 5.15.